The van der Waals surface area contributed by atoms with E-state index in [1.165, 1.54) is 0 Å². The third-order valence-corrected chi connectivity index (χ3v) is 2.00. The van der Waals surface area contributed by atoms with Gasteiger partial charge in [-0.2, -0.15) is 0 Å². The van der Waals surface area contributed by atoms with E-state index in [0.717, 1.165) is 12.7 Å². The first-order valence-corrected chi connectivity index (χ1v) is 4.04. The summed E-state index contributed by atoms with van der Waals surface area (Å²) in [6.07, 6.45) is 2.93. The zero-order valence-corrected chi connectivity index (χ0v) is 6.84. The summed E-state index contributed by atoms with van der Waals surface area (Å²) in [6, 6.07) is 0. The van der Waals surface area contributed by atoms with Gasteiger partial charge < -0.3 is 14.3 Å². The van der Waals surface area contributed by atoms with Crippen molar-refractivity contribution in [1.82, 2.24) is 0 Å². The molecule has 11 heavy (non-hydrogen) atoms. The fourth-order valence-electron chi connectivity index (χ4n) is 1.30. The number of ether oxygens (including phenoxy) is 2. The van der Waals surface area contributed by atoms with Gasteiger partial charge in [-0.3, -0.25) is 0 Å². The number of carbonyl (C=O) groups excluding carboxylic acids is 1. The molecular weight excluding hydrogens is 144 g/mol. The summed E-state index contributed by atoms with van der Waals surface area (Å²) in [5.41, 5.74) is 0. The summed E-state index contributed by atoms with van der Waals surface area (Å²) in [5, 5.41) is 0. The molecule has 0 saturated carbocycles. The highest BCUT2D eigenvalue weighted by Crippen LogP contribution is 2.27. The van der Waals surface area contributed by atoms with E-state index in [4.69, 9.17) is 9.47 Å². The molecule has 1 aliphatic heterocycles. The van der Waals surface area contributed by atoms with E-state index >= 15 is 0 Å². The SMILES string of the molecule is CCC1(CCC=O)OCCO1. The largest absolute Gasteiger partial charge is 0.348 e. The Morgan fingerprint density at radius 2 is 2.09 bits per heavy atom. The fourth-order valence-corrected chi connectivity index (χ4v) is 1.30. The summed E-state index contributed by atoms with van der Waals surface area (Å²) < 4.78 is 10.8. The molecule has 1 saturated heterocycles. The Hall–Kier alpha value is -0.410. The first-order chi connectivity index (χ1) is 5.33. The molecule has 0 amide bonds. The van der Waals surface area contributed by atoms with Crippen molar-refractivity contribution in [3.63, 3.8) is 0 Å². The highest BCUT2D eigenvalue weighted by Gasteiger charge is 2.33. The van der Waals surface area contributed by atoms with Crippen LogP contribution in [0.1, 0.15) is 26.2 Å². The minimum Gasteiger partial charge on any atom is -0.348 e. The van der Waals surface area contributed by atoms with Crippen molar-refractivity contribution < 1.29 is 14.3 Å². The topological polar surface area (TPSA) is 35.5 Å². The van der Waals surface area contributed by atoms with Crippen molar-refractivity contribution in [2.45, 2.75) is 32.0 Å². The van der Waals surface area contributed by atoms with Gasteiger partial charge in [0.1, 0.15) is 6.29 Å². The molecule has 0 aliphatic carbocycles. The van der Waals surface area contributed by atoms with Crippen molar-refractivity contribution in [3.05, 3.63) is 0 Å². The first-order valence-electron chi connectivity index (χ1n) is 4.04. The molecule has 1 aliphatic rings. The lowest BCUT2D eigenvalue weighted by Crippen LogP contribution is -2.28. The van der Waals surface area contributed by atoms with Crippen LogP contribution in [0.25, 0.3) is 0 Å². The van der Waals surface area contributed by atoms with E-state index in [9.17, 15) is 4.79 Å². The Morgan fingerprint density at radius 3 is 2.55 bits per heavy atom. The number of rotatable bonds is 4. The van der Waals surface area contributed by atoms with Gasteiger partial charge >= 0.3 is 0 Å². The average Bonchev–Trinajstić information content (AvgIpc) is 2.50. The highest BCUT2D eigenvalue weighted by molar-refractivity contribution is 5.49. The lowest BCUT2D eigenvalue weighted by Gasteiger charge is -2.24. The minimum atomic E-state index is -0.444. The van der Waals surface area contributed by atoms with Gasteiger partial charge in [-0.05, 0) is 6.42 Å². The molecule has 64 valence electrons. The second-order valence-electron chi connectivity index (χ2n) is 2.67. The molecule has 0 spiro atoms. The maximum absolute atomic E-state index is 10.1. The van der Waals surface area contributed by atoms with Gasteiger partial charge in [0.2, 0.25) is 0 Å². The number of carbonyl (C=O) groups is 1. The highest BCUT2D eigenvalue weighted by atomic mass is 16.7. The molecule has 0 atom stereocenters. The van der Waals surface area contributed by atoms with Crippen molar-refractivity contribution in [3.8, 4) is 0 Å². The van der Waals surface area contributed by atoms with E-state index in [0.29, 0.717) is 26.1 Å². The van der Waals surface area contributed by atoms with Crippen LogP contribution in [0.4, 0.5) is 0 Å². The van der Waals surface area contributed by atoms with Crippen LogP contribution < -0.4 is 0 Å². The predicted octanol–water partition coefficient (Wildman–Crippen LogP) is 1.12. The molecular formula is C8H14O3. The van der Waals surface area contributed by atoms with Crippen molar-refractivity contribution in [1.29, 1.82) is 0 Å². The summed E-state index contributed by atoms with van der Waals surface area (Å²) in [6.45, 7) is 3.33. The summed E-state index contributed by atoms with van der Waals surface area (Å²) in [7, 11) is 0. The number of hydrogen-bond donors (Lipinski definition) is 0. The number of hydrogen-bond acceptors (Lipinski definition) is 3. The maximum atomic E-state index is 10.1. The van der Waals surface area contributed by atoms with Gasteiger partial charge in [0.15, 0.2) is 5.79 Å². The van der Waals surface area contributed by atoms with Crippen LogP contribution in [0.15, 0.2) is 0 Å². The second kappa shape index (κ2) is 3.83. The molecule has 3 heteroatoms. The molecule has 0 aromatic carbocycles. The lowest BCUT2D eigenvalue weighted by molar-refractivity contribution is -0.165. The van der Waals surface area contributed by atoms with Crippen LogP contribution in [0.5, 0.6) is 0 Å². The van der Waals surface area contributed by atoms with E-state index in [2.05, 4.69) is 0 Å². The lowest BCUT2D eigenvalue weighted by atomic mass is 10.1. The van der Waals surface area contributed by atoms with E-state index in [-0.39, 0.29) is 0 Å². The Labute approximate surface area is 66.7 Å². The molecule has 1 heterocycles. The standard InChI is InChI=1S/C8H14O3/c1-2-8(4-3-5-9)10-6-7-11-8/h5H,2-4,6-7H2,1H3. The van der Waals surface area contributed by atoms with Crippen molar-refractivity contribution in [2.75, 3.05) is 13.2 Å². The van der Waals surface area contributed by atoms with E-state index < -0.39 is 5.79 Å². The van der Waals surface area contributed by atoms with Gasteiger partial charge in [-0.15, -0.1) is 0 Å². The van der Waals surface area contributed by atoms with Crippen molar-refractivity contribution in [2.24, 2.45) is 0 Å². The van der Waals surface area contributed by atoms with Crippen LogP contribution in [0.2, 0.25) is 0 Å². The predicted molar refractivity (Wildman–Crippen MR) is 40.2 cm³/mol. The van der Waals surface area contributed by atoms with Crippen LogP contribution in [0, 0.1) is 0 Å². The Kier molecular flexibility index (Phi) is 3.02. The van der Waals surface area contributed by atoms with Crippen LogP contribution in [0.3, 0.4) is 0 Å². The van der Waals surface area contributed by atoms with Gasteiger partial charge in [0.05, 0.1) is 13.2 Å². The smallest absolute Gasteiger partial charge is 0.168 e. The molecule has 0 bridgehead atoms. The first kappa shape index (κ1) is 8.68. The molecule has 0 aromatic rings. The second-order valence-corrected chi connectivity index (χ2v) is 2.67. The molecule has 1 rings (SSSR count). The summed E-state index contributed by atoms with van der Waals surface area (Å²) >= 11 is 0. The van der Waals surface area contributed by atoms with Crippen LogP contribution in [-0.4, -0.2) is 25.3 Å². The average molecular weight is 158 g/mol. The summed E-state index contributed by atoms with van der Waals surface area (Å²) in [4.78, 5) is 10.1. The van der Waals surface area contributed by atoms with Gasteiger partial charge in [0, 0.05) is 12.8 Å². The van der Waals surface area contributed by atoms with E-state index in [1.54, 1.807) is 0 Å². The van der Waals surface area contributed by atoms with Gasteiger partial charge in [-0.1, -0.05) is 6.92 Å². The minimum absolute atomic E-state index is 0.444. The van der Waals surface area contributed by atoms with E-state index in [1.807, 2.05) is 6.92 Å². The molecule has 3 nitrogen and oxygen atoms in total. The third kappa shape index (κ3) is 2.01. The fraction of sp³-hybridized carbons (Fsp3) is 0.875. The monoisotopic (exact) mass is 158 g/mol. The Morgan fingerprint density at radius 1 is 1.45 bits per heavy atom. The van der Waals surface area contributed by atoms with Crippen LogP contribution >= 0.6 is 0 Å². The Balaban J connectivity index is 2.38. The molecule has 0 N–H and O–H groups in total. The van der Waals surface area contributed by atoms with Gasteiger partial charge in [0.25, 0.3) is 0 Å². The van der Waals surface area contributed by atoms with Gasteiger partial charge in [-0.25, -0.2) is 0 Å². The quantitative estimate of drug-likeness (QED) is 0.575. The molecule has 1 fully saturated rings. The zero-order chi connectivity index (χ0) is 8.16. The summed E-state index contributed by atoms with van der Waals surface area (Å²) in [5.74, 6) is -0.444. The maximum Gasteiger partial charge on any atom is 0.168 e. The zero-order valence-electron chi connectivity index (χ0n) is 6.84. The van der Waals surface area contributed by atoms with Crippen molar-refractivity contribution >= 4 is 6.29 Å². The van der Waals surface area contributed by atoms with Crippen LogP contribution in [-0.2, 0) is 14.3 Å². The molecule has 0 aromatic heterocycles. The normalized spacial score (nSPS) is 21.9. The number of aldehydes is 1. The third-order valence-electron chi connectivity index (χ3n) is 2.00. The Bertz CT molecular complexity index is 127. The molecule has 0 unspecified atom stereocenters. The molecule has 0 radical (unpaired) electrons.